The summed E-state index contributed by atoms with van der Waals surface area (Å²) in [6.07, 6.45) is 0. The Balaban J connectivity index is 2.18. The fourth-order valence-electron chi connectivity index (χ4n) is 1.82. The van der Waals surface area contributed by atoms with Gasteiger partial charge >= 0.3 is 5.97 Å². The summed E-state index contributed by atoms with van der Waals surface area (Å²) in [6.45, 7) is 2.03. The summed E-state index contributed by atoms with van der Waals surface area (Å²) in [7, 11) is 1.35. The Morgan fingerprint density at radius 1 is 1.32 bits per heavy atom. The number of hydrogen-bond donors (Lipinski definition) is 0. The van der Waals surface area contributed by atoms with Gasteiger partial charge in [0.05, 0.1) is 12.0 Å². The predicted octanol–water partition coefficient (Wildman–Crippen LogP) is 2.55. The first-order valence-electron chi connectivity index (χ1n) is 5.70. The maximum Gasteiger partial charge on any atom is 0.356 e. The molecule has 6 heteroatoms. The molecular weight excluding hydrogens is 262 g/mol. The summed E-state index contributed by atoms with van der Waals surface area (Å²) in [4.78, 5) is 18.3. The van der Waals surface area contributed by atoms with Crippen LogP contribution in [-0.2, 0) is 4.74 Å². The van der Waals surface area contributed by atoms with E-state index < -0.39 is 5.97 Å². The Labute approximate surface area is 113 Å². The number of rotatable bonds is 2. The lowest BCUT2D eigenvalue weighted by atomic mass is 10.3. The van der Waals surface area contributed by atoms with Gasteiger partial charge in [-0.05, 0) is 31.2 Å². The van der Waals surface area contributed by atoms with E-state index in [-0.39, 0.29) is 0 Å². The summed E-state index contributed by atoms with van der Waals surface area (Å²) in [6, 6.07) is 9.24. The van der Waals surface area contributed by atoms with Gasteiger partial charge < -0.3 is 4.74 Å². The number of pyridine rings is 1. The monoisotopic (exact) mass is 273 g/mol. The van der Waals surface area contributed by atoms with Gasteiger partial charge in [-0.3, -0.25) is 0 Å². The highest BCUT2D eigenvalue weighted by molar-refractivity contribution is 7.15. The lowest BCUT2D eigenvalue weighted by Crippen LogP contribution is -2.08. The number of aryl methyl sites for hydroxylation is 1. The number of fused-ring (bicyclic) bond motifs is 1. The fraction of sp³-hybridized carbons (Fsp3) is 0.154. The van der Waals surface area contributed by atoms with E-state index in [1.54, 1.807) is 23.5 Å². The molecule has 0 N–H and O–H groups in total. The van der Waals surface area contributed by atoms with Crippen molar-refractivity contribution >= 4 is 23.0 Å². The molecule has 3 rings (SSSR count). The molecule has 3 aromatic rings. The van der Waals surface area contributed by atoms with Gasteiger partial charge in [0, 0.05) is 4.88 Å². The first-order valence-corrected chi connectivity index (χ1v) is 6.51. The highest BCUT2D eigenvalue weighted by Crippen LogP contribution is 2.25. The molecule has 3 heterocycles. The van der Waals surface area contributed by atoms with Crippen LogP contribution in [0.1, 0.15) is 15.4 Å². The number of methoxy groups -OCH3 is 1. The average Bonchev–Trinajstić information content (AvgIpc) is 3.02. The molecule has 0 aromatic carbocycles. The average molecular weight is 273 g/mol. The van der Waals surface area contributed by atoms with Gasteiger partial charge in [0.1, 0.15) is 0 Å². The fourth-order valence-corrected chi connectivity index (χ4v) is 2.62. The molecule has 96 valence electrons. The van der Waals surface area contributed by atoms with E-state index in [0.29, 0.717) is 17.2 Å². The van der Waals surface area contributed by atoms with Crippen molar-refractivity contribution in [3.63, 3.8) is 0 Å². The SMILES string of the molecule is COC(=O)c1cccc2nc(-c3ccc(C)s3)nn12. The van der Waals surface area contributed by atoms with E-state index in [9.17, 15) is 4.79 Å². The zero-order valence-electron chi connectivity index (χ0n) is 10.5. The largest absolute Gasteiger partial charge is 0.464 e. The van der Waals surface area contributed by atoms with Crippen molar-refractivity contribution in [2.75, 3.05) is 7.11 Å². The minimum absolute atomic E-state index is 0.368. The van der Waals surface area contributed by atoms with E-state index in [1.807, 2.05) is 25.1 Å². The molecule has 0 aliphatic heterocycles. The van der Waals surface area contributed by atoms with Crippen molar-refractivity contribution in [1.29, 1.82) is 0 Å². The van der Waals surface area contributed by atoms with Crippen molar-refractivity contribution in [1.82, 2.24) is 14.6 Å². The second-order valence-corrected chi connectivity index (χ2v) is 5.31. The number of hydrogen-bond acceptors (Lipinski definition) is 5. The first-order chi connectivity index (χ1) is 9.19. The minimum atomic E-state index is -0.426. The third kappa shape index (κ3) is 2.00. The molecule has 0 saturated heterocycles. The molecule has 3 aromatic heterocycles. The van der Waals surface area contributed by atoms with Crippen LogP contribution in [0.25, 0.3) is 16.3 Å². The van der Waals surface area contributed by atoms with E-state index in [0.717, 1.165) is 4.88 Å². The van der Waals surface area contributed by atoms with Crippen LogP contribution in [0.2, 0.25) is 0 Å². The minimum Gasteiger partial charge on any atom is -0.464 e. The topological polar surface area (TPSA) is 56.5 Å². The van der Waals surface area contributed by atoms with E-state index >= 15 is 0 Å². The van der Waals surface area contributed by atoms with Crippen molar-refractivity contribution < 1.29 is 9.53 Å². The third-order valence-corrected chi connectivity index (χ3v) is 3.71. The molecule has 0 fully saturated rings. The van der Waals surface area contributed by atoms with Gasteiger partial charge in [-0.1, -0.05) is 6.07 Å². The molecule has 0 aliphatic carbocycles. The molecule has 0 spiro atoms. The highest BCUT2D eigenvalue weighted by atomic mass is 32.1. The number of nitrogens with zero attached hydrogens (tertiary/aromatic N) is 3. The number of aromatic nitrogens is 3. The van der Waals surface area contributed by atoms with E-state index in [2.05, 4.69) is 10.1 Å². The van der Waals surface area contributed by atoms with Gasteiger partial charge in [0.25, 0.3) is 0 Å². The van der Waals surface area contributed by atoms with Crippen LogP contribution >= 0.6 is 11.3 Å². The first kappa shape index (κ1) is 11.9. The Kier molecular flexibility index (Phi) is 2.79. The summed E-state index contributed by atoms with van der Waals surface area (Å²) in [5, 5.41) is 4.38. The van der Waals surface area contributed by atoms with Crippen LogP contribution in [0.3, 0.4) is 0 Å². The Morgan fingerprint density at radius 3 is 2.84 bits per heavy atom. The number of esters is 1. The van der Waals surface area contributed by atoms with Gasteiger partial charge in [-0.2, -0.15) is 0 Å². The quantitative estimate of drug-likeness (QED) is 0.673. The van der Waals surface area contributed by atoms with Crippen LogP contribution in [0.15, 0.2) is 30.3 Å². The third-order valence-electron chi connectivity index (χ3n) is 2.72. The number of carbonyl (C=O) groups excluding carboxylic acids is 1. The Morgan fingerprint density at radius 2 is 2.16 bits per heavy atom. The lowest BCUT2D eigenvalue weighted by Gasteiger charge is -2.00. The summed E-state index contributed by atoms with van der Waals surface area (Å²) < 4.78 is 6.25. The van der Waals surface area contributed by atoms with Crippen molar-refractivity contribution in [3.8, 4) is 10.7 Å². The Bertz CT molecular complexity index is 760. The number of carbonyl (C=O) groups is 1. The maximum absolute atomic E-state index is 11.7. The van der Waals surface area contributed by atoms with E-state index in [1.165, 1.54) is 16.5 Å². The smallest absolute Gasteiger partial charge is 0.356 e. The molecule has 0 aliphatic rings. The summed E-state index contributed by atoms with van der Waals surface area (Å²) in [5.74, 6) is 0.193. The van der Waals surface area contributed by atoms with Crippen molar-refractivity contribution in [3.05, 3.63) is 40.9 Å². The van der Waals surface area contributed by atoms with Crippen LogP contribution in [0.4, 0.5) is 0 Å². The normalized spacial score (nSPS) is 10.8. The molecular formula is C13H11N3O2S. The van der Waals surface area contributed by atoms with Crippen LogP contribution in [0, 0.1) is 6.92 Å². The zero-order chi connectivity index (χ0) is 13.4. The van der Waals surface area contributed by atoms with Crippen LogP contribution < -0.4 is 0 Å². The van der Waals surface area contributed by atoms with Gasteiger partial charge in [0.2, 0.25) is 0 Å². The standard InChI is InChI=1S/C13H11N3O2S/c1-8-6-7-10(19-8)12-14-11-5-3-4-9(13(17)18-2)16(11)15-12/h3-7H,1-2H3. The lowest BCUT2D eigenvalue weighted by molar-refractivity contribution is 0.0591. The molecule has 0 unspecified atom stereocenters. The van der Waals surface area contributed by atoms with Crippen LogP contribution in [-0.4, -0.2) is 27.7 Å². The molecule has 5 nitrogen and oxygen atoms in total. The Hall–Kier alpha value is -2.21. The van der Waals surface area contributed by atoms with Crippen molar-refractivity contribution in [2.24, 2.45) is 0 Å². The molecule has 0 saturated carbocycles. The predicted molar refractivity (Wildman–Crippen MR) is 72.4 cm³/mol. The zero-order valence-corrected chi connectivity index (χ0v) is 11.3. The number of ether oxygens (including phenoxy) is 1. The second-order valence-electron chi connectivity index (χ2n) is 4.02. The molecule has 0 amide bonds. The highest BCUT2D eigenvalue weighted by Gasteiger charge is 2.14. The van der Waals surface area contributed by atoms with Gasteiger partial charge in [-0.25, -0.2) is 14.3 Å². The molecule has 0 atom stereocenters. The van der Waals surface area contributed by atoms with E-state index in [4.69, 9.17) is 4.74 Å². The van der Waals surface area contributed by atoms with Crippen molar-refractivity contribution in [2.45, 2.75) is 6.92 Å². The second kappa shape index (κ2) is 4.47. The van der Waals surface area contributed by atoms with Gasteiger partial charge in [0.15, 0.2) is 17.2 Å². The molecule has 0 radical (unpaired) electrons. The van der Waals surface area contributed by atoms with Crippen LogP contribution in [0.5, 0.6) is 0 Å². The van der Waals surface area contributed by atoms with Gasteiger partial charge in [-0.15, -0.1) is 16.4 Å². The molecule has 19 heavy (non-hydrogen) atoms. The summed E-state index contributed by atoms with van der Waals surface area (Å²) >= 11 is 1.62. The number of thiophene rings is 1. The molecule has 0 bridgehead atoms. The summed E-state index contributed by atoms with van der Waals surface area (Å²) in [5.41, 5.74) is 0.996. The maximum atomic E-state index is 11.7.